The molecule has 0 aliphatic rings. The second-order valence-electron chi connectivity index (χ2n) is 3.58. The van der Waals surface area contributed by atoms with E-state index >= 15 is 0 Å². The fourth-order valence-electron chi connectivity index (χ4n) is 1.30. The van der Waals surface area contributed by atoms with Crippen molar-refractivity contribution >= 4 is 10.1 Å². The van der Waals surface area contributed by atoms with Crippen molar-refractivity contribution in [3.8, 4) is 0 Å². The van der Waals surface area contributed by atoms with E-state index < -0.39 is 10.1 Å². The molecule has 17 heavy (non-hydrogen) atoms. The van der Waals surface area contributed by atoms with Crippen LogP contribution in [0, 0.1) is 0 Å². The topological polar surface area (TPSA) is 61.2 Å². The van der Waals surface area contributed by atoms with Crippen molar-refractivity contribution in [1.29, 1.82) is 0 Å². The van der Waals surface area contributed by atoms with Gasteiger partial charge in [-0.2, -0.15) is 8.42 Å². The highest BCUT2D eigenvalue weighted by Gasteiger charge is 2.17. The summed E-state index contributed by atoms with van der Waals surface area (Å²) < 4.78 is 29.9. The first kappa shape index (κ1) is 11.8. The minimum atomic E-state index is -3.77. The number of imidazole rings is 1. The monoisotopic (exact) mass is 252 g/mol. The van der Waals surface area contributed by atoms with Crippen molar-refractivity contribution in [2.75, 3.05) is 0 Å². The molecule has 0 saturated carbocycles. The van der Waals surface area contributed by atoms with Crippen LogP contribution in [0.3, 0.4) is 0 Å². The molecule has 2 aromatic rings. The van der Waals surface area contributed by atoms with E-state index in [2.05, 4.69) is 4.98 Å². The lowest BCUT2D eigenvalue weighted by atomic mass is 10.2. The van der Waals surface area contributed by atoms with Gasteiger partial charge in [0.2, 0.25) is 0 Å². The molecule has 5 nitrogen and oxygen atoms in total. The van der Waals surface area contributed by atoms with Gasteiger partial charge in [0.25, 0.3) is 0 Å². The minimum Gasteiger partial charge on any atom is -0.339 e. The highest BCUT2D eigenvalue weighted by atomic mass is 32.2. The SMILES string of the molecule is Cn1cnc(S(=O)(=O)OCc2ccccc2)c1. The molecule has 0 saturated heterocycles. The summed E-state index contributed by atoms with van der Waals surface area (Å²) in [4.78, 5) is 3.75. The van der Waals surface area contributed by atoms with Crippen molar-refractivity contribution in [3.63, 3.8) is 0 Å². The Bertz CT molecular complexity index is 590. The molecule has 0 aliphatic carbocycles. The zero-order valence-electron chi connectivity index (χ0n) is 9.28. The van der Waals surface area contributed by atoms with Gasteiger partial charge in [0.1, 0.15) is 0 Å². The van der Waals surface area contributed by atoms with Gasteiger partial charge in [-0.15, -0.1) is 0 Å². The Balaban J connectivity index is 2.09. The van der Waals surface area contributed by atoms with Gasteiger partial charge in [-0.05, 0) is 5.56 Å². The summed E-state index contributed by atoms with van der Waals surface area (Å²) in [6, 6.07) is 9.11. The molecule has 0 atom stereocenters. The average Bonchev–Trinajstić information content (AvgIpc) is 2.76. The molecule has 0 radical (unpaired) electrons. The molecular formula is C11H12N2O3S. The number of aromatic nitrogens is 2. The van der Waals surface area contributed by atoms with Gasteiger partial charge in [-0.1, -0.05) is 30.3 Å². The molecule has 0 aliphatic heterocycles. The fourth-order valence-corrected chi connectivity index (χ4v) is 2.18. The van der Waals surface area contributed by atoms with E-state index in [4.69, 9.17) is 4.18 Å². The number of rotatable bonds is 4. The second-order valence-corrected chi connectivity index (χ2v) is 5.14. The summed E-state index contributed by atoms with van der Waals surface area (Å²) in [5.41, 5.74) is 0.798. The molecule has 90 valence electrons. The first-order chi connectivity index (χ1) is 8.08. The van der Waals surface area contributed by atoms with Crippen LogP contribution >= 0.6 is 0 Å². The maximum atomic E-state index is 11.7. The Hall–Kier alpha value is -1.66. The van der Waals surface area contributed by atoms with Crippen molar-refractivity contribution in [2.45, 2.75) is 11.6 Å². The molecule has 2 rings (SSSR count). The first-order valence-electron chi connectivity index (χ1n) is 4.99. The number of hydrogen-bond donors (Lipinski definition) is 0. The first-order valence-corrected chi connectivity index (χ1v) is 6.40. The third-order valence-corrected chi connectivity index (χ3v) is 3.31. The molecule has 1 heterocycles. The van der Waals surface area contributed by atoms with E-state index in [0.29, 0.717) is 0 Å². The molecule has 0 bridgehead atoms. The van der Waals surface area contributed by atoms with Gasteiger partial charge < -0.3 is 4.57 Å². The standard InChI is InChI=1S/C11H12N2O3S/c1-13-7-11(12-9-13)17(14,15)16-8-10-5-3-2-4-6-10/h2-7,9H,8H2,1H3. The van der Waals surface area contributed by atoms with Gasteiger partial charge in [0, 0.05) is 13.2 Å². The lowest BCUT2D eigenvalue weighted by Crippen LogP contribution is -2.06. The molecular weight excluding hydrogens is 240 g/mol. The van der Waals surface area contributed by atoms with Crippen molar-refractivity contribution in [2.24, 2.45) is 7.05 Å². The van der Waals surface area contributed by atoms with Crippen LogP contribution in [0.1, 0.15) is 5.56 Å². The van der Waals surface area contributed by atoms with Crippen LogP contribution in [0.15, 0.2) is 47.9 Å². The highest BCUT2D eigenvalue weighted by Crippen LogP contribution is 2.11. The van der Waals surface area contributed by atoms with Crippen LogP contribution in [-0.4, -0.2) is 18.0 Å². The Morgan fingerprint density at radius 1 is 1.29 bits per heavy atom. The molecule has 6 heteroatoms. The second kappa shape index (κ2) is 4.68. The lowest BCUT2D eigenvalue weighted by molar-refractivity contribution is 0.306. The van der Waals surface area contributed by atoms with Crippen LogP contribution in [0.2, 0.25) is 0 Å². The normalized spacial score (nSPS) is 11.6. The predicted octanol–water partition coefficient (Wildman–Crippen LogP) is 1.33. The Labute approximate surface area is 99.8 Å². The van der Waals surface area contributed by atoms with Crippen LogP contribution in [0.4, 0.5) is 0 Å². The zero-order valence-corrected chi connectivity index (χ0v) is 10.1. The number of hydrogen-bond acceptors (Lipinski definition) is 4. The van der Waals surface area contributed by atoms with Gasteiger partial charge in [0.15, 0.2) is 5.03 Å². The average molecular weight is 252 g/mol. The Morgan fingerprint density at radius 2 is 2.00 bits per heavy atom. The van der Waals surface area contributed by atoms with Crippen LogP contribution in [0.25, 0.3) is 0 Å². The smallest absolute Gasteiger partial charge is 0.316 e. The summed E-state index contributed by atoms with van der Waals surface area (Å²) >= 11 is 0. The number of aryl methyl sites for hydroxylation is 1. The quantitative estimate of drug-likeness (QED) is 0.770. The predicted molar refractivity (Wildman–Crippen MR) is 61.6 cm³/mol. The lowest BCUT2D eigenvalue weighted by Gasteiger charge is -2.02. The molecule has 0 amide bonds. The summed E-state index contributed by atoms with van der Waals surface area (Å²) in [6.45, 7) is 0.0136. The van der Waals surface area contributed by atoms with Gasteiger partial charge in [-0.25, -0.2) is 4.98 Å². The van der Waals surface area contributed by atoms with E-state index in [9.17, 15) is 8.42 Å². The van der Waals surface area contributed by atoms with Gasteiger partial charge >= 0.3 is 10.1 Å². The summed E-state index contributed by atoms with van der Waals surface area (Å²) in [5.74, 6) is 0. The number of benzene rings is 1. The van der Waals surface area contributed by atoms with Crippen molar-refractivity contribution < 1.29 is 12.6 Å². The molecule has 0 spiro atoms. The van der Waals surface area contributed by atoms with E-state index in [1.165, 1.54) is 12.5 Å². The zero-order chi connectivity index (χ0) is 12.3. The van der Waals surface area contributed by atoms with Crippen LogP contribution in [0.5, 0.6) is 0 Å². The van der Waals surface area contributed by atoms with E-state index in [0.717, 1.165) is 5.56 Å². The van der Waals surface area contributed by atoms with Crippen LogP contribution in [-0.2, 0) is 28.0 Å². The maximum absolute atomic E-state index is 11.7. The molecule has 0 N–H and O–H groups in total. The summed E-state index contributed by atoms with van der Waals surface area (Å²) in [6.07, 6.45) is 2.82. The summed E-state index contributed by atoms with van der Waals surface area (Å²) in [7, 11) is -2.07. The number of nitrogens with zero attached hydrogens (tertiary/aromatic N) is 2. The van der Waals surface area contributed by atoms with E-state index in [1.54, 1.807) is 23.7 Å². The molecule has 1 aromatic heterocycles. The van der Waals surface area contributed by atoms with E-state index in [1.807, 2.05) is 18.2 Å². The van der Waals surface area contributed by atoms with Crippen molar-refractivity contribution in [3.05, 3.63) is 48.4 Å². The molecule has 0 unspecified atom stereocenters. The third-order valence-electron chi connectivity index (χ3n) is 2.16. The molecule has 1 aromatic carbocycles. The Morgan fingerprint density at radius 3 is 2.59 bits per heavy atom. The Kier molecular flexibility index (Phi) is 3.26. The summed E-state index contributed by atoms with van der Waals surface area (Å²) in [5, 5.41) is -0.0732. The molecule has 0 fully saturated rings. The van der Waals surface area contributed by atoms with Crippen molar-refractivity contribution in [1.82, 2.24) is 9.55 Å². The highest BCUT2D eigenvalue weighted by molar-refractivity contribution is 7.86. The van der Waals surface area contributed by atoms with Gasteiger partial charge in [0.05, 0.1) is 12.9 Å². The van der Waals surface area contributed by atoms with E-state index in [-0.39, 0.29) is 11.6 Å². The third kappa shape index (κ3) is 2.92. The largest absolute Gasteiger partial charge is 0.339 e. The maximum Gasteiger partial charge on any atom is 0.316 e. The fraction of sp³-hybridized carbons (Fsp3) is 0.182. The van der Waals surface area contributed by atoms with Gasteiger partial charge in [-0.3, -0.25) is 4.18 Å². The minimum absolute atomic E-state index is 0.0136. The van der Waals surface area contributed by atoms with Crippen LogP contribution < -0.4 is 0 Å².